The second-order valence-electron chi connectivity index (χ2n) is 16.2. The number of nitro benzene ring substituents is 1. The number of rotatable bonds is 12. The number of hydrogen-bond donors (Lipinski definition) is 4. The summed E-state index contributed by atoms with van der Waals surface area (Å²) in [5, 5.41) is 28.3. The average molecular weight is 908 g/mol. The molecule has 4 aromatic carbocycles. The SMILES string of the molecule is C[C@H]1CN(c2cc(N3CCC([C@@H](O)c4ccccc4-c4ccc(Cl)cc4)CC3)ccc2C(=O)NS(=O)(=O)c2ccc(NC[C@H]3COCCO3)c([N+](=O)[O-])c2)c2cc3cc[nH]c3nc2O1. The van der Waals surface area contributed by atoms with E-state index in [1.807, 2.05) is 78.6 Å². The highest BCUT2D eigenvalue weighted by atomic mass is 35.5. The number of fused-ring (bicyclic) bond motifs is 2. The molecule has 2 fully saturated rings. The van der Waals surface area contributed by atoms with E-state index in [0.29, 0.717) is 80.2 Å². The Labute approximate surface area is 374 Å². The molecule has 0 unspecified atom stereocenters. The molecule has 18 heteroatoms. The number of benzene rings is 4. The fourth-order valence-corrected chi connectivity index (χ4v) is 9.76. The number of carbonyl (C=O) groups is 1. The molecule has 0 radical (unpaired) electrons. The lowest BCUT2D eigenvalue weighted by molar-refractivity contribution is -0.384. The molecule has 1 amide bonds. The van der Waals surface area contributed by atoms with E-state index in [4.69, 9.17) is 30.8 Å². The lowest BCUT2D eigenvalue weighted by Crippen LogP contribution is -2.38. The average Bonchev–Trinajstić information content (AvgIpc) is 3.77. The minimum atomic E-state index is -4.62. The van der Waals surface area contributed by atoms with Crippen molar-refractivity contribution in [3.8, 4) is 17.0 Å². The van der Waals surface area contributed by atoms with E-state index < -0.39 is 37.5 Å². The van der Waals surface area contributed by atoms with Gasteiger partial charge in [-0.2, -0.15) is 4.98 Å². The van der Waals surface area contributed by atoms with E-state index in [2.05, 4.69) is 19.9 Å². The van der Waals surface area contributed by atoms with Crippen LogP contribution < -0.4 is 24.6 Å². The highest BCUT2D eigenvalue weighted by Crippen LogP contribution is 2.43. The van der Waals surface area contributed by atoms with Crippen LogP contribution in [-0.2, 0) is 19.5 Å². The van der Waals surface area contributed by atoms with Gasteiger partial charge in [-0.15, -0.1) is 0 Å². The molecule has 6 aromatic rings. The van der Waals surface area contributed by atoms with E-state index in [1.165, 1.54) is 12.1 Å². The van der Waals surface area contributed by atoms with E-state index in [1.54, 1.807) is 18.3 Å². The van der Waals surface area contributed by atoms with Gasteiger partial charge >= 0.3 is 0 Å². The van der Waals surface area contributed by atoms with Gasteiger partial charge in [-0.05, 0) is 97.0 Å². The van der Waals surface area contributed by atoms with Crippen LogP contribution in [0.5, 0.6) is 5.88 Å². The van der Waals surface area contributed by atoms with Crippen molar-refractivity contribution in [1.82, 2.24) is 14.7 Å². The summed E-state index contributed by atoms with van der Waals surface area (Å²) in [6.07, 6.45) is 1.72. The third-order valence-corrected chi connectivity index (χ3v) is 13.5. The number of aromatic amines is 1. The van der Waals surface area contributed by atoms with Crippen molar-refractivity contribution in [3.05, 3.63) is 130 Å². The molecule has 16 nitrogen and oxygen atoms in total. The van der Waals surface area contributed by atoms with Crippen molar-refractivity contribution in [3.63, 3.8) is 0 Å². The maximum Gasteiger partial charge on any atom is 0.293 e. The number of pyridine rings is 1. The summed E-state index contributed by atoms with van der Waals surface area (Å²) < 4.78 is 47.1. The van der Waals surface area contributed by atoms with Gasteiger partial charge in [0.15, 0.2) is 0 Å². The maximum atomic E-state index is 14.3. The van der Waals surface area contributed by atoms with Crippen LogP contribution in [0.15, 0.2) is 108 Å². The van der Waals surface area contributed by atoms with Gasteiger partial charge in [0, 0.05) is 48.0 Å². The summed E-state index contributed by atoms with van der Waals surface area (Å²) in [7, 11) is -4.62. The molecule has 2 saturated heterocycles. The van der Waals surface area contributed by atoms with E-state index in [0.717, 1.165) is 33.8 Å². The Morgan fingerprint density at radius 3 is 2.58 bits per heavy atom. The van der Waals surface area contributed by atoms with Crippen LogP contribution in [-0.4, -0.2) is 92.5 Å². The maximum absolute atomic E-state index is 14.3. The molecule has 0 spiro atoms. The first kappa shape index (κ1) is 43.0. The van der Waals surface area contributed by atoms with Gasteiger partial charge in [0.2, 0.25) is 5.88 Å². The largest absolute Gasteiger partial charge is 0.471 e. The molecule has 5 heterocycles. The van der Waals surface area contributed by atoms with Gasteiger partial charge in [0.1, 0.15) is 23.1 Å². The molecule has 332 valence electrons. The van der Waals surface area contributed by atoms with Gasteiger partial charge < -0.3 is 39.4 Å². The Hall–Kier alpha value is -6.24. The summed E-state index contributed by atoms with van der Waals surface area (Å²) in [6, 6.07) is 27.9. The van der Waals surface area contributed by atoms with Crippen molar-refractivity contribution >= 4 is 67.0 Å². The minimum Gasteiger partial charge on any atom is -0.471 e. The molecule has 64 heavy (non-hydrogen) atoms. The van der Waals surface area contributed by atoms with Gasteiger partial charge in [-0.3, -0.25) is 14.9 Å². The number of halogens is 1. The Morgan fingerprint density at radius 2 is 1.81 bits per heavy atom. The van der Waals surface area contributed by atoms with Crippen LogP contribution in [0.25, 0.3) is 22.2 Å². The van der Waals surface area contributed by atoms with Crippen LogP contribution in [0.3, 0.4) is 0 Å². The van der Waals surface area contributed by atoms with Crippen molar-refractivity contribution in [2.45, 2.75) is 43.0 Å². The number of sulfonamides is 1. The van der Waals surface area contributed by atoms with Crippen LogP contribution in [0.4, 0.5) is 28.4 Å². The normalized spacial score (nSPS) is 18.5. The number of nitrogens with zero attached hydrogens (tertiary/aromatic N) is 4. The zero-order chi connectivity index (χ0) is 44.5. The topological polar surface area (TPSA) is 201 Å². The van der Waals surface area contributed by atoms with Crippen LogP contribution in [0, 0.1) is 16.0 Å². The number of nitro groups is 1. The lowest BCUT2D eigenvalue weighted by atomic mass is 9.84. The summed E-state index contributed by atoms with van der Waals surface area (Å²) >= 11 is 6.17. The van der Waals surface area contributed by atoms with Crippen molar-refractivity contribution < 1.29 is 37.5 Å². The number of aromatic nitrogens is 2. The predicted octanol–water partition coefficient (Wildman–Crippen LogP) is 7.61. The van der Waals surface area contributed by atoms with Gasteiger partial charge in [-0.25, -0.2) is 13.1 Å². The molecule has 3 aliphatic heterocycles. The van der Waals surface area contributed by atoms with Crippen molar-refractivity contribution in [2.75, 3.05) is 61.1 Å². The summed E-state index contributed by atoms with van der Waals surface area (Å²) in [4.78, 5) is 37.2. The Balaban J connectivity index is 0.996. The fraction of sp³-hybridized carbons (Fsp3) is 0.304. The number of aliphatic hydroxyl groups excluding tert-OH is 1. The molecular weight excluding hydrogens is 862 g/mol. The van der Waals surface area contributed by atoms with E-state index in [9.17, 15) is 28.4 Å². The second kappa shape index (κ2) is 18.1. The highest BCUT2D eigenvalue weighted by molar-refractivity contribution is 7.90. The van der Waals surface area contributed by atoms with Crippen molar-refractivity contribution in [1.29, 1.82) is 0 Å². The second-order valence-corrected chi connectivity index (χ2v) is 18.3. The monoisotopic (exact) mass is 907 g/mol. The zero-order valence-corrected chi connectivity index (χ0v) is 36.3. The number of aliphatic hydroxyl groups is 1. The molecule has 0 bridgehead atoms. The van der Waals surface area contributed by atoms with Crippen molar-refractivity contribution in [2.24, 2.45) is 5.92 Å². The first-order valence-electron chi connectivity index (χ1n) is 21.0. The van der Waals surface area contributed by atoms with Crippen LogP contribution >= 0.6 is 11.6 Å². The first-order valence-corrected chi connectivity index (χ1v) is 22.9. The zero-order valence-electron chi connectivity index (χ0n) is 34.8. The fourth-order valence-electron chi connectivity index (χ4n) is 8.65. The number of anilines is 4. The molecule has 3 atom stereocenters. The number of carbonyl (C=O) groups excluding carboxylic acids is 1. The quantitative estimate of drug-likeness (QED) is 0.0691. The smallest absolute Gasteiger partial charge is 0.293 e. The van der Waals surface area contributed by atoms with Gasteiger partial charge in [-0.1, -0.05) is 48.0 Å². The molecule has 0 saturated carbocycles. The lowest BCUT2D eigenvalue weighted by Gasteiger charge is -2.38. The third-order valence-electron chi connectivity index (χ3n) is 11.9. The summed E-state index contributed by atoms with van der Waals surface area (Å²) in [6.45, 7) is 4.78. The van der Waals surface area contributed by atoms with Crippen LogP contribution in [0.1, 0.15) is 41.8 Å². The van der Waals surface area contributed by atoms with Gasteiger partial charge in [0.05, 0.1) is 59.6 Å². The minimum absolute atomic E-state index is 0.0255. The number of nitrogens with one attached hydrogen (secondary N) is 3. The Bertz CT molecular complexity index is 2810. The Kier molecular flexibility index (Phi) is 12.2. The standard InChI is InChI=1S/C46H46ClN7O9S/c1-28-26-53(42-22-31-14-17-48-44(31)50-46(42)63-28)40-23-33(52-18-15-30(16-19-52)43(55)37-5-3-2-4-36(37)29-6-8-32(47)9-7-29)10-12-38(40)45(56)51-64(59,60)35-11-13-39(41(24-35)54(57)58)49-25-34-27-61-20-21-62-34/h2-14,17,22-24,28,30,34,43,49,55H,15-16,18-21,25-27H2,1H3,(H,48,50)(H,51,56)/t28-,34-,43+/m0/s1. The third kappa shape index (κ3) is 8.94. The summed E-state index contributed by atoms with van der Waals surface area (Å²) in [5.41, 5.74) is 4.84. The summed E-state index contributed by atoms with van der Waals surface area (Å²) in [5.74, 6) is -0.615. The number of ether oxygens (including phenoxy) is 3. The van der Waals surface area contributed by atoms with E-state index >= 15 is 0 Å². The number of amides is 1. The molecule has 9 rings (SSSR count). The first-order chi connectivity index (χ1) is 30.9. The molecular formula is C46H46ClN7O9S. The predicted molar refractivity (Wildman–Crippen MR) is 243 cm³/mol. The van der Waals surface area contributed by atoms with Crippen LogP contribution in [0.2, 0.25) is 5.02 Å². The molecule has 3 aliphatic rings. The number of piperidine rings is 1. The number of hydrogen-bond acceptors (Lipinski definition) is 13. The number of H-pyrrole nitrogens is 1. The molecule has 0 aliphatic carbocycles. The molecule has 2 aromatic heterocycles. The van der Waals surface area contributed by atoms with Gasteiger partial charge in [0.25, 0.3) is 21.6 Å². The Morgan fingerprint density at radius 1 is 1.02 bits per heavy atom. The highest BCUT2D eigenvalue weighted by Gasteiger charge is 2.33. The molecule has 4 N–H and O–H groups in total. The van der Waals surface area contributed by atoms with E-state index in [-0.39, 0.29) is 35.9 Å².